The SMILES string of the molecule is CNCCNc1ccc2nc(-c3ccc(OC)c(OC)c3)cc(=O)n2c1.COc1ncc(-c2cc(=O)n3cc(N4CCNCC4)ccc3n2)cc1F.Cc1cn(-c2cc(=O)n3cc(N4CCNCC4)ccc3n2)cn1.Cc1cn(-c2cc(=O)n3cc(N4CCN[C@@H](C)C4)ccc3n2)cn1. The van der Waals surface area contributed by atoms with Gasteiger partial charge < -0.3 is 55.5 Å². The minimum atomic E-state index is -0.596. The van der Waals surface area contributed by atoms with Crippen LogP contribution < -0.4 is 77.7 Å². The number of aromatic nitrogens is 13. The lowest BCUT2D eigenvalue weighted by Gasteiger charge is -2.33. The first kappa shape index (κ1) is 67.6. The number of anilines is 4. The molecule has 1 atom stereocenters. The van der Waals surface area contributed by atoms with Gasteiger partial charge in [-0.2, -0.15) is 0 Å². The molecule has 3 aliphatic heterocycles. The van der Waals surface area contributed by atoms with Crippen molar-refractivity contribution in [1.82, 2.24) is 82.9 Å². The van der Waals surface area contributed by atoms with Gasteiger partial charge in [-0.05, 0) is 101 Å². The summed E-state index contributed by atoms with van der Waals surface area (Å²) in [6, 6.07) is 28.5. The number of halogens is 1. The minimum Gasteiger partial charge on any atom is -0.493 e. The van der Waals surface area contributed by atoms with Crippen LogP contribution in [-0.4, -0.2) is 181 Å². The number of pyridine rings is 5. The Bertz CT molecular complexity index is 5100. The van der Waals surface area contributed by atoms with Gasteiger partial charge in [-0.1, -0.05) is 0 Å². The van der Waals surface area contributed by atoms with Gasteiger partial charge in [-0.25, -0.2) is 39.3 Å². The number of nitrogens with one attached hydrogen (secondary N) is 5. The van der Waals surface area contributed by atoms with Crippen LogP contribution in [-0.2, 0) is 0 Å². The number of aryl methyl sites for hydroxylation is 2. The first-order valence-electron chi connectivity index (χ1n) is 32.5. The highest BCUT2D eigenvalue weighted by atomic mass is 19.1. The molecule has 99 heavy (non-hydrogen) atoms. The quantitative estimate of drug-likeness (QED) is 0.0904. The van der Waals surface area contributed by atoms with E-state index in [-0.39, 0.29) is 28.1 Å². The summed E-state index contributed by atoms with van der Waals surface area (Å²) in [5.41, 5.74) is 9.72. The molecule has 0 bridgehead atoms. The fourth-order valence-electron chi connectivity index (χ4n) is 11.7. The third-order valence-corrected chi connectivity index (χ3v) is 16.9. The van der Waals surface area contributed by atoms with Crippen molar-refractivity contribution in [2.45, 2.75) is 26.8 Å². The molecule has 0 amide bonds. The first-order valence-corrected chi connectivity index (χ1v) is 32.5. The van der Waals surface area contributed by atoms with E-state index in [9.17, 15) is 23.6 Å². The Labute approximate surface area is 568 Å². The molecule has 512 valence electrons. The molecule has 0 unspecified atom stereocenters. The highest BCUT2D eigenvalue weighted by Gasteiger charge is 2.20. The van der Waals surface area contributed by atoms with Crippen molar-refractivity contribution in [3.05, 3.63) is 212 Å². The molecule has 12 aromatic rings. The van der Waals surface area contributed by atoms with Crippen molar-refractivity contribution in [3.63, 3.8) is 0 Å². The largest absolute Gasteiger partial charge is 0.493 e. The predicted molar refractivity (Wildman–Crippen MR) is 380 cm³/mol. The first-order chi connectivity index (χ1) is 48.1. The molecule has 29 heteroatoms. The fourth-order valence-corrected chi connectivity index (χ4v) is 11.7. The van der Waals surface area contributed by atoms with Crippen LogP contribution in [0, 0.1) is 19.7 Å². The number of methoxy groups -OCH3 is 3. The van der Waals surface area contributed by atoms with Gasteiger partial charge in [0.15, 0.2) is 17.3 Å². The summed E-state index contributed by atoms with van der Waals surface area (Å²) >= 11 is 0. The third kappa shape index (κ3) is 15.9. The maximum atomic E-state index is 13.9. The Morgan fingerprint density at radius 1 is 0.505 bits per heavy atom. The van der Waals surface area contributed by atoms with E-state index in [0.717, 1.165) is 125 Å². The lowest BCUT2D eigenvalue weighted by molar-refractivity contribution is 0.355. The second kappa shape index (κ2) is 30.8. The summed E-state index contributed by atoms with van der Waals surface area (Å²) < 4.78 is 39.1. The maximum Gasteiger partial charge on any atom is 0.260 e. The van der Waals surface area contributed by atoms with E-state index in [0.29, 0.717) is 68.7 Å². The molecule has 0 radical (unpaired) electrons. The van der Waals surface area contributed by atoms with E-state index in [4.69, 9.17) is 14.2 Å². The molecule has 15 rings (SSSR count). The number of imidazole rings is 2. The van der Waals surface area contributed by atoms with Gasteiger partial charge in [0.05, 0.1) is 66.9 Å². The molecule has 3 fully saturated rings. The van der Waals surface area contributed by atoms with E-state index < -0.39 is 5.82 Å². The normalized spacial score (nSPS) is 14.6. The number of hydrogen-bond donors (Lipinski definition) is 5. The van der Waals surface area contributed by atoms with Crippen molar-refractivity contribution >= 4 is 45.3 Å². The molecular formula is C70H78FN21O7. The minimum absolute atomic E-state index is 0.0895. The van der Waals surface area contributed by atoms with Crippen molar-refractivity contribution in [2.75, 3.05) is 133 Å². The molecule has 5 N–H and O–H groups in total. The van der Waals surface area contributed by atoms with E-state index in [1.165, 1.54) is 52.4 Å². The summed E-state index contributed by atoms with van der Waals surface area (Å²) in [5.74, 6) is 1.71. The number of benzene rings is 1. The third-order valence-electron chi connectivity index (χ3n) is 16.9. The van der Waals surface area contributed by atoms with Gasteiger partial charge in [-0.15, -0.1) is 0 Å². The maximum absolute atomic E-state index is 13.9. The van der Waals surface area contributed by atoms with Crippen LogP contribution in [0.3, 0.4) is 0 Å². The number of likely N-dealkylation sites (N-methyl/N-ethyl adjacent to an activating group) is 1. The van der Waals surface area contributed by atoms with Crippen molar-refractivity contribution < 1.29 is 18.6 Å². The Morgan fingerprint density at radius 2 is 0.990 bits per heavy atom. The van der Waals surface area contributed by atoms with Crippen LogP contribution >= 0.6 is 0 Å². The van der Waals surface area contributed by atoms with Crippen molar-refractivity contribution in [2.24, 2.45) is 0 Å². The number of hydrogen-bond acceptors (Lipinski definition) is 22. The van der Waals surface area contributed by atoms with E-state index in [1.54, 1.807) is 69.3 Å². The molecular weight excluding hydrogens is 1270 g/mol. The molecule has 14 heterocycles. The Kier molecular flexibility index (Phi) is 21.0. The summed E-state index contributed by atoms with van der Waals surface area (Å²) in [7, 11) is 6.40. The number of nitrogens with zero attached hydrogens (tertiary/aromatic N) is 16. The van der Waals surface area contributed by atoms with Gasteiger partial charge >= 0.3 is 0 Å². The van der Waals surface area contributed by atoms with Crippen molar-refractivity contribution in [1.29, 1.82) is 0 Å². The highest BCUT2D eigenvalue weighted by molar-refractivity contribution is 5.67. The van der Waals surface area contributed by atoms with Crippen LogP contribution in [0.25, 0.3) is 56.7 Å². The van der Waals surface area contributed by atoms with E-state index in [1.807, 2.05) is 100 Å². The second-order valence-corrected chi connectivity index (χ2v) is 23.8. The van der Waals surface area contributed by atoms with Crippen LogP contribution in [0.1, 0.15) is 18.3 Å². The predicted octanol–water partition coefficient (Wildman–Crippen LogP) is 4.91. The summed E-state index contributed by atoms with van der Waals surface area (Å²) in [6.45, 7) is 17.8. The van der Waals surface area contributed by atoms with Gasteiger partial charge in [-0.3, -0.25) is 45.9 Å². The Hall–Kier alpha value is -11.4. The van der Waals surface area contributed by atoms with E-state index >= 15 is 0 Å². The smallest absolute Gasteiger partial charge is 0.260 e. The average Bonchev–Trinajstić information content (AvgIpc) is 1.27. The summed E-state index contributed by atoms with van der Waals surface area (Å²) in [6.07, 6.45) is 15.8. The molecule has 3 saturated heterocycles. The molecule has 11 aromatic heterocycles. The molecule has 1 aromatic carbocycles. The van der Waals surface area contributed by atoms with Gasteiger partial charge in [0, 0.05) is 170 Å². The van der Waals surface area contributed by atoms with Crippen LogP contribution in [0.2, 0.25) is 0 Å². The van der Waals surface area contributed by atoms with Crippen molar-refractivity contribution in [3.8, 4) is 51.5 Å². The van der Waals surface area contributed by atoms with Gasteiger partial charge in [0.2, 0.25) is 5.88 Å². The Balaban J connectivity index is 0.000000125. The lowest BCUT2D eigenvalue weighted by atomic mass is 10.1. The zero-order chi connectivity index (χ0) is 69.1. The highest BCUT2D eigenvalue weighted by Crippen LogP contribution is 2.32. The van der Waals surface area contributed by atoms with Crippen LogP contribution in [0.15, 0.2) is 172 Å². The monoisotopic (exact) mass is 1340 g/mol. The van der Waals surface area contributed by atoms with Crippen LogP contribution in [0.4, 0.5) is 27.1 Å². The second-order valence-electron chi connectivity index (χ2n) is 23.8. The summed E-state index contributed by atoms with van der Waals surface area (Å²) in [5, 5.41) is 16.4. The van der Waals surface area contributed by atoms with Crippen LogP contribution in [0.5, 0.6) is 17.4 Å². The molecule has 28 nitrogen and oxygen atoms in total. The zero-order valence-corrected chi connectivity index (χ0v) is 56.1. The number of fused-ring (bicyclic) bond motifs is 4. The van der Waals surface area contributed by atoms with Gasteiger partial charge in [0.1, 0.15) is 46.9 Å². The summed E-state index contributed by atoms with van der Waals surface area (Å²) in [4.78, 5) is 87.4. The molecule has 0 saturated carbocycles. The number of piperazine rings is 3. The topological polar surface area (TPSA) is 284 Å². The Morgan fingerprint density at radius 3 is 1.47 bits per heavy atom. The molecule has 0 aliphatic carbocycles. The molecule has 3 aliphatic rings. The standard InChI is InChI=1S/C19H22N4O3.C18H18FN5O2.C17H20N6O.C16H18N6O/c1-20-8-9-21-14-5-7-18-22-15(11-19(24)23(18)12-14)13-4-6-16(25-2)17(10-13)26-3;1-26-18-14(19)8-12(10-21-18)15-9-17(25)24-11-13(2-3-16(24)22-15)23-6-4-20-5-7-23;1-12-8-21(6-5-18-12)14-3-4-15-20-16(7-17(24)23(15)10-14)22-9-13(2)19-11-22;1-12-9-21(11-18-12)15-8-16(23)22-10-13(2-3-14(22)19-15)20-6-4-17-5-7-20/h4-7,10-12,20-21H,8-9H2,1-3H3;2-3,8-11,20H,4-7H2,1H3;3-4,7,9-12,18H,5-6,8H2,1-2H3;2-3,8-11,17H,4-7H2,1H3/t;;12-;/m..0./s1. The van der Waals surface area contributed by atoms with Gasteiger partial charge in [0.25, 0.3) is 22.2 Å². The number of rotatable bonds is 14. The average molecular weight is 1340 g/mol. The zero-order valence-electron chi connectivity index (χ0n) is 56.1. The molecule has 0 spiro atoms. The fraction of sp³-hybridized carbons (Fsp3) is 0.300. The lowest BCUT2D eigenvalue weighted by Crippen LogP contribution is -2.49. The number of ether oxygens (including phenoxy) is 3. The van der Waals surface area contributed by atoms with E-state index in [2.05, 4.69) is 83.1 Å².